The van der Waals surface area contributed by atoms with E-state index in [0.29, 0.717) is 37.0 Å². The Balaban J connectivity index is 1.57. The number of carbonyl (C=O) groups excluding carboxylic acids is 1. The monoisotopic (exact) mass is 391 g/mol. The topological polar surface area (TPSA) is 105 Å². The lowest BCUT2D eigenvalue weighted by Gasteiger charge is -2.34. The Morgan fingerprint density at radius 1 is 1.21 bits per heavy atom. The third kappa shape index (κ3) is 4.14. The average molecular weight is 391 g/mol. The van der Waals surface area contributed by atoms with Crippen LogP contribution in [0.5, 0.6) is 0 Å². The van der Waals surface area contributed by atoms with E-state index in [1.54, 1.807) is 19.3 Å². The van der Waals surface area contributed by atoms with Crippen molar-refractivity contribution in [1.29, 1.82) is 0 Å². The molecular weight excluding hydrogens is 370 g/mol. The van der Waals surface area contributed by atoms with E-state index in [0.717, 1.165) is 5.69 Å². The highest BCUT2D eigenvalue weighted by Gasteiger charge is 2.27. The molecule has 1 fully saturated rings. The molecule has 0 radical (unpaired) electrons. The van der Waals surface area contributed by atoms with Crippen molar-refractivity contribution in [2.24, 2.45) is 7.05 Å². The SMILES string of the molecule is Cn1c(N2CCNC(C(=O)Nc3ccccc3)C2)nc(-c2ccncn2)cc1=O. The van der Waals surface area contributed by atoms with Crippen molar-refractivity contribution in [2.45, 2.75) is 6.04 Å². The first-order valence-electron chi connectivity index (χ1n) is 9.30. The van der Waals surface area contributed by atoms with Crippen LogP contribution in [0.3, 0.4) is 0 Å². The summed E-state index contributed by atoms with van der Waals surface area (Å²) in [4.78, 5) is 39.8. The minimum absolute atomic E-state index is 0.127. The summed E-state index contributed by atoms with van der Waals surface area (Å²) in [6.07, 6.45) is 3.03. The predicted molar refractivity (Wildman–Crippen MR) is 110 cm³/mol. The van der Waals surface area contributed by atoms with Crippen LogP contribution in [0, 0.1) is 0 Å². The lowest BCUT2D eigenvalue weighted by atomic mass is 10.2. The maximum Gasteiger partial charge on any atom is 0.255 e. The fourth-order valence-corrected chi connectivity index (χ4v) is 3.24. The Bertz CT molecular complexity index is 1050. The van der Waals surface area contributed by atoms with E-state index in [2.05, 4.69) is 25.6 Å². The van der Waals surface area contributed by atoms with Gasteiger partial charge in [0.2, 0.25) is 11.9 Å². The van der Waals surface area contributed by atoms with Crippen LogP contribution in [0.15, 0.2) is 59.8 Å². The van der Waals surface area contributed by atoms with Crippen molar-refractivity contribution in [3.63, 3.8) is 0 Å². The van der Waals surface area contributed by atoms with Gasteiger partial charge in [-0.3, -0.25) is 14.2 Å². The van der Waals surface area contributed by atoms with Crippen molar-refractivity contribution < 1.29 is 4.79 Å². The van der Waals surface area contributed by atoms with Gasteiger partial charge in [0.15, 0.2) is 0 Å². The Morgan fingerprint density at radius 3 is 2.79 bits per heavy atom. The Labute approximate surface area is 167 Å². The van der Waals surface area contributed by atoms with Crippen LogP contribution in [0.4, 0.5) is 11.6 Å². The van der Waals surface area contributed by atoms with Crippen LogP contribution >= 0.6 is 0 Å². The molecule has 0 spiro atoms. The first kappa shape index (κ1) is 18.8. The molecule has 1 aliphatic heterocycles. The summed E-state index contributed by atoms with van der Waals surface area (Å²) in [5.41, 5.74) is 1.61. The molecule has 9 nitrogen and oxygen atoms in total. The maximum atomic E-state index is 12.7. The first-order chi connectivity index (χ1) is 14.1. The molecule has 2 aromatic heterocycles. The third-order valence-electron chi connectivity index (χ3n) is 4.77. The molecule has 1 amide bonds. The minimum Gasteiger partial charge on any atom is -0.339 e. The zero-order chi connectivity index (χ0) is 20.2. The molecule has 3 aromatic rings. The molecule has 9 heteroatoms. The van der Waals surface area contributed by atoms with Crippen LogP contribution in [0.1, 0.15) is 0 Å². The summed E-state index contributed by atoms with van der Waals surface area (Å²) >= 11 is 0. The van der Waals surface area contributed by atoms with E-state index >= 15 is 0 Å². The highest BCUT2D eigenvalue weighted by atomic mass is 16.2. The van der Waals surface area contributed by atoms with Gasteiger partial charge in [-0.15, -0.1) is 0 Å². The quantitative estimate of drug-likeness (QED) is 0.673. The number of hydrogen-bond acceptors (Lipinski definition) is 7. The molecule has 4 rings (SSSR count). The van der Waals surface area contributed by atoms with Gasteiger partial charge in [0.05, 0.1) is 11.4 Å². The Morgan fingerprint density at radius 2 is 2.03 bits per heavy atom. The van der Waals surface area contributed by atoms with Crippen LogP contribution in [0.25, 0.3) is 11.4 Å². The molecule has 0 bridgehead atoms. The summed E-state index contributed by atoms with van der Waals surface area (Å²) in [5, 5.41) is 6.14. The van der Waals surface area contributed by atoms with Gasteiger partial charge < -0.3 is 15.5 Å². The summed E-state index contributed by atoms with van der Waals surface area (Å²) < 4.78 is 1.49. The molecule has 2 N–H and O–H groups in total. The lowest BCUT2D eigenvalue weighted by Crippen LogP contribution is -2.56. The molecule has 1 aliphatic rings. The molecule has 29 heavy (non-hydrogen) atoms. The normalized spacial score (nSPS) is 16.4. The molecule has 148 valence electrons. The van der Waals surface area contributed by atoms with Gasteiger partial charge in [0.25, 0.3) is 5.56 Å². The van der Waals surface area contributed by atoms with E-state index in [4.69, 9.17) is 0 Å². The van der Waals surface area contributed by atoms with Crippen molar-refractivity contribution in [2.75, 3.05) is 29.9 Å². The van der Waals surface area contributed by atoms with Gasteiger partial charge in [-0.25, -0.2) is 15.0 Å². The number of nitrogens with zero attached hydrogens (tertiary/aromatic N) is 5. The number of para-hydroxylation sites is 1. The molecule has 0 aliphatic carbocycles. The average Bonchev–Trinajstić information content (AvgIpc) is 2.77. The fraction of sp³-hybridized carbons (Fsp3) is 0.250. The molecule has 1 atom stereocenters. The van der Waals surface area contributed by atoms with E-state index in [-0.39, 0.29) is 11.5 Å². The highest BCUT2D eigenvalue weighted by Crippen LogP contribution is 2.17. The zero-order valence-corrected chi connectivity index (χ0v) is 15.9. The van der Waals surface area contributed by atoms with Crippen molar-refractivity contribution in [3.8, 4) is 11.4 Å². The van der Waals surface area contributed by atoms with E-state index in [9.17, 15) is 9.59 Å². The minimum atomic E-state index is -0.427. The van der Waals surface area contributed by atoms with Crippen LogP contribution in [0.2, 0.25) is 0 Å². The molecular formula is C20H21N7O2. The predicted octanol–water partition coefficient (Wildman–Crippen LogP) is 0.654. The smallest absolute Gasteiger partial charge is 0.255 e. The molecule has 3 heterocycles. The number of anilines is 2. The second kappa shape index (κ2) is 8.19. The number of amides is 1. The second-order valence-electron chi connectivity index (χ2n) is 6.74. The summed E-state index contributed by atoms with van der Waals surface area (Å²) in [6, 6.07) is 12.1. The number of carbonyl (C=O) groups is 1. The standard InChI is InChI=1S/C20H21N7O2/c1-26-18(28)11-16(15-7-8-21-13-23-15)25-20(26)27-10-9-22-17(12-27)19(29)24-14-5-3-2-4-6-14/h2-8,11,13,17,22H,9-10,12H2,1H3,(H,24,29). The van der Waals surface area contributed by atoms with Gasteiger partial charge in [-0.1, -0.05) is 18.2 Å². The zero-order valence-electron chi connectivity index (χ0n) is 15.9. The van der Waals surface area contributed by atoms with Crippen LogP contribution in [-0.4, -0.2) is 51.1 Å². The van der Waals surface area contributed by atoms with E-state index < -0.39 is 6.04 Å². The number of aromatic nitrogens is 4. The van der Waals surface area contributed by atoms with E-state index in [1.807, 2.05) is 35.2 Å². The Hall–Kier alpha value is -3.59. The van der Waals surface area contributed by atoms with Gasteiger partial charge in [0, 0.05) is 44.6 Å². The van der Waals surface area contributed by atoms with Gasteiger partial charge in [0.1, 0.15) is 12.4 Å². The largest absolute Gasteiger partial charge is 0.339 e. The molecule has 1 saturated heterocycles. The van der Waals surface area contributed by atoms with Crippen molar-refractivity contribution in [3.05, 3.63) is 65.3 Å². The number of piperazine rings is 1. The third-order valence-corrected chi connectivity index (χ3v) is 4.77. The van der Waals surface area contributed by atoms with Crippen LogP contribution < -0.4 is 21.1 Å². The summed E-state index contributed by atoms with van der Waals surface area (Å²) in [5.74, 6) is 0.378. The number of rotatable bonds is 4. The molecule has 0 saturated carbocycles. The first-order valence-corrected chi connectivity index (χ1v) is 9.30. The second-order valence-corrected chi connectivity index (χ2v) is 6.74. The molecule has 1 aromatic carbocycles. The number of nitrogens with one attached hydrogen (secondary N) is 2. The lowest BCUT2D eigenvalue weighted by molar-refractivity contribution is -0.118. The number of benzene rings is 1. The fourth-order valence-electron chi connectivity index (χ4n) is 3.24. The van der Waals surface area contributed by atoms with Crippen molar-refractivity contribution >= 4 is 17.5 Å². The Kier molecular flexibility index (Phi) is 5.30. The molecule has 1 unspecified atom stereocenters. The van der Waals surface area contributed by atoms with Gasteiger partial charge in [-0.2, -0.15) is 0 Å². The van der Waals surface area contributed by atoms with Crippen molar-refractivity contribution in [1.82, 2.24) is 24.8 Å². The number of hydrogen-bond donors (Lipinski definition) is 2. The highest BCUT2D eigenvalue weighted by molar-refractivity contribution is 5.95. The maximum absolute atomic E-state index is 12.7. The summed E-state index contributed by atoms with van der Waals surface area (Å²) in [7, 11) is 1.68. The van der Waals surface area contributed by atoms with Crippen LogP contribution in [-0.2, 0) is 11.8 Å². The van der Waals surface area contributed by atoms with Gasteiger partial charge >= 0.3 is 0 Å². The van der Waals surface area contributed by atoms with Gasteiger partial charge in [-0.05, 0) is 18.2 Å². The van der Waals surface area contributed by atoms with E-state index in [1.165, 1.54) is 17.0 Å². The summed E-state index contributed by atoms with van der Waals surface area (Å²) in [6.45, 7) is 1.62.